The van der Waals surface area contributed by atoms with Crippen LogP contribution in [0.5, 0.6) is 0 Å². The van der Waals surface area contributed by atoms with Crippen LogP contribution in [0.3, 0.4) is 0 Å². The van der Waals surface area contributed by atoms with Crippen LogP contribution in [0.1, 0.15) is 17.8 Å². The molecule has 2 aliphatic heterocycles. The van der Waals surface area contributed by atoms with Gasteiger partial charge in [-0.1, -0.05) is 0 Å². The van der Waals surface area contributed by atoms with Crippen molar-refractivity contribution in [1.29, 1.82) is 0 Å². The van der Waals surface area contributed by atoms with E-state index in [1.807, 2.05) is 12.3 Å². The van der Waals surface area contributed by atoms with E-state index in [9.17, 15) is 13.2 Å². The van der Waals surface area contributed by atoms with E-state index in [2.05, 4.69) is 14.8 Å². The van der Waals surface area contributed by atoms with E-state index in [1.165, 1.54) is 11.3 Å². The monoisotopic (exact) mass is 382 g/mol. The van der Waals surface area contributed by atoms with Gasteiger partial charge >= 0.3 is 0 Å². The maximum atomic E-state index is 12.3. The fraction of sp³-hybridized carbons (Fsp3) is 0.625. The summed E-state index contributed by atoms with van der Waals surface area (Å²) in [7, 11) is -2.83. The van der Waals surface area contributed by atoms with Crippen LogP contribution in [0.25, 0.3) is 4.96 Å². The summed E-state index contributed by atoms with van der Waals surface area (Å²) in [6, 6.07) is 1.81. The molecule has 2 saturated heterocycles. The Bertz CT molecular complexity index is 942. The molecule has 25 heavy (non-hydrogen) atoms. The summed E-state index contributed by atoms with van der Waals surface area (Å²) in [5.41, 5.74) is 1.71. The van der Waals surface area contributed by atoms with Gasteiger partial charge < -0.3 is 0 Å². The molecule has 0 spiro atoms. The van der Waals surface area contributed by atoms with Crippen molar-refractivity contribution in [3.8, 4) is 0 Å². The SMILES string of the molecule is Cc1csc2nc(CN3CCN(C4CCS(=O)(=O)C4)CC3)cc(=O)n12. The number of aromatic nitrogens is 2. The first-order valence-electron chi connectivity index (χ1n) is 8.55. The van der Waals surface area contributed by atoms with Crippen LogP contribution in [-0.2, 0) is 16.4 Å². The second-order valence-electron chi connectivity index (χ2n) is 6.95. The van der Waals surface area contributed by atoms with Crippen molar-refractivity contribution >= 4 is 26.1 Å². The highest BCUT2D eigenvalue weighted by molar-refractivity contribution is 7.91. The molecular formula is C16H22N4O3S2. The molecule has 0 aliphatic carbocycles. The molecule has 2 fully saturated rings. The van der Waals surface area contributed by atoms with E-state index >= 15 is 0 Å². The lowest BCUT2D eigenvalue weighted by atomic mass is 10.2. The summed E-state index contributed by atoms with van der Waals surface area (Å²) < 4.78 is 25.0. The highest BCUT2D eigenvalue weighted by atomic mass is 32.2. The third-order valence-electron chi connectivity index (χ3n) is 5.15. The van der Waals surface area contributed by atoms with Gasteiger partial charge in [0.1, 0.15) is 0 Å². The van der Waals surface area contributed by atoms with Gasteiger partial charge in [-0.2, -0.15) is 0 Å². The van der Waals surface area contributed by atoms with Gasteiger partial charge in [-0.3, -0.25) is 19.0 Å². The number of hydrogen-bond acceptors (Lipinski definition) is 7. The fourth-order valence-electron chi connectivity index (χ4n) is 3.76. The van der Waals surface area contributed by atoms with E-state index in [1.54, 1.807) is 10.5 Å². The summed E-state index contributed by atoms with van der Waals surface area (Å²) in [5, 5.41) is 1.95. The Balaban J connectivity index is 1.40. The molecule has 0 N–H and O–H groups in total. The molecule has 0 saturated carbocycles. The van der Waals surface area contributed by atoms with Crippen LogP contribution in [-0.4, -0.2) is 71.3 Å². The Kier molecular flexibility index (Phi) is 4.43. The van der Waals surface area contributed by atoms with Crippen molar-refractivity contribution in [3.63, 3.8) is 0 Å². The minimum atomic E-state index is -2.83. The zero-order valence-corrected chi connectivity index (χ0v) is 15.9. The second kappa shape index (κ2) is 6.46. The largest absolute Gasteiger partial charge is 0.297 e. The zero-order valence-electron chi connectivity index (χ0n) is 14.2. The third-order valence-corrected chi connectivity index (χ3v) is 7.84. The Labute approximate surface area is 150 Å². The molecule has 2 aromatic heterocycles. The second-order valence-corrected chi connectivity index (χ2v) is 10.0. The van der Waals surface area contributed by atoms with E-state index in [-0.39, 0.29) is 11.6 Å². The predicted octanol–water partition coefficient (Wildman–Crippen LogP) is 0.369. The molecule has 136 valence electrons. The number of hydrogen-bond donors (Lipinski definition) is 0. The van der Waals surface area contributed by atoms with Crippen LogP contribution in [0.2, 0.25) is 0 Å². The van der Waals surface area contributed by atoms with Crippen molar-refractivity contribution < 1.29 is 8.42 Å². The normalized spacial score (nSPS) is 24.9. The maximum Gasteiger partial charge on any atom is 0.259 e. The highest BCUT2D eigenvalue weighted by Gasteiger charge is 2.33. The standard InChI is InChI=1S/C16H22N4O3S2/c1-12-10-24-16-17-13(8-15(21)20(12)16)9-18-3-5-19(6-4-18)14-2-7-25(22,23)11-14/h8,10,14H,2-7,9,11H2,1H3. The summed E-state index contributed by atoms with van der Waals surface area (Å²) in [6.45, 7) is 6.08. The van der Waals surface area contributed by atoms with Gasteiger partial charge in [0.2, 0.25) is 0 Å². The molecule has 0 amide bonds. The van der Waals surface area contributed by atoms with Gasteiger partial charge in [-0.15, -0.1) is 11.3 Å². The van der Waals surface area contributed by atoms with Crippen molar-refractivity contribution in [2.45, 2.75) is 25.9 Å². The summed E-state index contributed by atoms with van der Waals surface area (Å²) in [5.74, 6) is 0.631. The average molecular weight is 383 g/mol. The van der Waals surface area contributed by atoms with Gasteiger partial charge in [0.05, 0.1) is 17.2 Å². The van der Waals surface area contributed by atoms with Crippen molar-refractivity contribution in [3.05, 3.63) is 33.2 Å². The predicted molar refractivity (Wildman–Crippen MR) is 98.0 cm³/mol. The van der Waals surface area contributed by atoms with Crippen molar-refractivity contribution in [2.75, 3.05) is 37.7 Å². The first kappa shape index (κ1) is 17.1. The Morgan fingerprint density at radius 2 is 2.04 bits per heavy atom. The van der Waals surface area contributed by atoms with Gasteiger partial charge in [0, 0.05) is 55.9 Å². The van der Waals surface area contributed by atoms with Crippen LogP contribution in [0.15, 0.2) is 16.2 Å². The minimum absolute atomic E-state index is 0.0199. The Morgan fingerprint density at radius 3 is 2.72 bits per heavy atom. The van der Waals surface area contributed by atoms with E-state index < -0.39 is 9.84 Å². The first-order chi connectivity index (χ1) is 11.9. The van der Waals surface area contributed by atoms with E-state index in [4.69, 9.17) is 0 Å². The number of fused-ring (bicyclic) bond motifs is 1. The van der Waals surface area contributed by atoms with Crippen LogP contribution in [0.4, 0.5) is 0 Å². The molecule has 0 radical (unpaired) electrons. The molecule has 2 aliphatic rings. The number of nitrogens with zero attached hydrogens (tertiary/aromatic N) is 4. The number of piperazine rings is 1. The van der Waals surface area contributed by atoms with Gasteiger partial charge in [0.25, 0.3) is 5.56 Å². The van der Waals surface area contributed by atoms with E-state index in [0.717, 1.165) is 48.9 Å². The minimum Gasteiger partial charge on any atom is -0.297 e. The van der Waals surface area contributed by atoms with Crippen molar-refractivity contribution in [1.82, 2.24) is 19.2 Å². The lowest BCUT2D eigenvalue weighted by Gasteiger charge is -2.37. The van der Waals surface area contributed by atoms with Crippen LogP contribution >= 0.6 is 11.3 Å². The van der Waals surface area contributed by atoms with Gasteiger partial charge in [-0.25, -0.2) is 13.4 Å². The lowest BCUT2D eigenvalue weighted by Crippen LogP contribution is -2.50. The number of aryl methyl sites for hydroxylation is 1. The molecule has 7 nitrogen and oxygen atoms in total. The van der Waals surface area contributed by atoms with Crippen LogP contribution in [0, 0.1) is 6.92 Å². The number of rotatable bonds is 3. The molecule has 2 aromatic rings. The number of sulfone groups is 1. The summed E-state index contributed by atoms with van der Waals surface area (Å²) in [6.07, 6.45) is 0.759. The molecule has 4 rings (SSSR count). The molecule has 0 bridgehead atoms. The molecule has 1 atom stereocenters. The molecule has 1 unspecified atom stereocenters. The third kappa shape index (κ3) is 3.51. The first-order valence-corrected chi connectivity index (χ1v) is 11.2. The Hall–Kier alpha value is -1.29. The maximum absolute atomic E-state index is 12.3. The molecule has 4 heterocycles. The summed E-state index contributed by atoms with van der Waals surface area (Å²) in [4.78, 5) is 22.2. The number of thiazole rings is 1. The molecule has 9 heteroatoms. The smallest absolute Gasteiger partial charge is 0.259 e. The molecule has 0 aromatic carbocycles. The van der Waals surface area contributed by atoms with Crippen LogP contribution < -0.4 is 5.56 Å². The molecular weight excluding hydrogens is 360 g/mol. The summed E-state index contributed by atoms with van der Waals surface area (Å²) >= 11 is 1.49. The van der Waals surface area contributed by atoms with Gasteiger partial charge in [0.15, 0.2) is 14.8 Å². The average Bonchev–Trinajstić information content (AvgIpc) is 3.11. The fourth-order valence-corrected chi connectivity index (χ4v) is 6.41. The van der Waals surface area contributed by atoms with E-state index in [0.29, 0.717) is 18.1 Å². The quantitative estimate of drug-likeness (QED) is 0.764. The highest BCUT2D eigenvalue weighted by Crippen LogP contribution is 2.20. The Morgan fingerprint density at radius 1 is 1.28 bits per heavy atom. The topological polar surface area (TPSA) is 75.0 Å². The van der Waals surface area contributed by atoms with Gasteiger partial charge in [-0.05, 0) is 13.3 Å². The lowest BCUT2D eigenvalue weighted by molar-refractivity contribution is 0.0993. The van der Waals surface area contributed by atoms with Crippen molar-refractivity contribution in [2.24, 2.45) is 0 Å². The zero-order chi connectivity index (χ0) is 17.6.